The van der Waals surface area contributed by atoms with Crippen LogP contribution < -0.4 is 10.6 Å². The molecule has 2 aliphatic rings. The zero-order valence-electron chi connectivity index (χ0n) is 15.3. The van der Waals surface area contributed by atoms with Crippen LogP contribution in [0.3, 0.4) is 0 Å². The van der Waals surface area contributed by atoms with Crippen molar-refractivity contribution >= 4 is 11.7 Å². The average Bonchev–Trinajstić information content (AvgIpc) is 3.22. The fourth-order valence-electron chi connectivity index (χ4n) is 4.53. The van der Waals surface area contributed by atoms with Gasteiger partial charge in [0.2, 0.25) is 0 Å². The third-order valence-electron chi connectivity index (χ3n) is 5.78. The number of carbonyl (C=O) groups is 1. The minimum atomic E-state index is -0.0882. The molecule has 2 aromatic rings. The molecule has 0 radical (unpaired) electrons. The van der Waals surface area contributed by atoms with Crippen LogP contribution in [-0.4, -0.2) is 29.1 Å². The molecule has 2 N–H and O–H groups in total. The summed E-state index contributed by atoms with van der Waals surface area (Å²) >= 11 is 0. The number of para-hydroxylation sites is 1. The lowest BCUT2D eigenvalue weighted by atomic mass is 9.97. The third-order valence-corrected chi connectivity index (χ3v) is 5.78. The number of nitrogens with one attached hydrogen (secondary N) is 2. The van der Waals surface area contributed by atoms with Crippen LogP contribution in [0.2, 0.25) is 0 Å². The summed E-state index contributed by atoms with van der Waals surface area (Å²) in [5.74, 6) is 1.03. The maximum absolute atomic E-state index is 12.5. The number of carbonyl (C=O) groups excluding carboxylic acids is 1. The molecule has 2 amide bonds. The highest BCUT2D eigenvalue weighted by atomic mass is 16.3. The van der Waals surface area contributed by atoms with Gasteiger partial charge in [-0.25, -0.2) is 4.79 Å². The molecule has 0 spiro atoms. The van der Waals surface area contributed by atoms with Crippen molar-refractivity contribution in [2.75, 3.05) is 5.32 Å². The summed E-state index contributed by atoms with van der Waals surface area (Å²) in [6.45, 7) is 2.98. The lowest BCUT2D eigenvalue weighted by molar-refractivity contribution is 0.104. The molecule has 2 aliphatic heterocycles. The van der Waals surface area contributed by atoms with Crippen LogP contribution in [0.15, 0.2) is 47.1 Å². The second-order valence-electron chi connectivity index (χ2n) is 7.41. The molecule has 2 bridgehead atoms. The molecule has 4 rings (SSSR count). The number of urea groups is 1. The summed E-state index contributed by atoms with van der Waals surface area (Å²) < 4.78 is 5.52. The van der Waals surface area contributed by atoms with Crippen molar-refractivity contribution in [3.8, 4) is 0 Å². The van der Waals surface area contributed by atoms with Gasteiger partial charge in [-0.1, -0.05) is 25.1 Å². The summed E-state index contributed by atoms with van der Waals surface area (Å²) in [7, 11) is 0. The van der Waals surface area contributed by atoms with Crippen molar-refractivity contribution in [1.29, 1.82) is 0 Å². The highest BCUT2D eigenvalue weighted by Gasteiger charge is 2.41. The van der Waals surface area contributed by atoms with Gasteiger partial charge >= 0.3 is 6.03 Å². The number of piperidine rings is 1. The van der Waals surface area contributed by atoms with Crippen molar-refractivity contribution in [3.05, 3.63) is 54.0 Å². The summed E-state index contributed by atoms with van der Waals surface area (Å²) in [6, 6.07) is 13.2. The number of amides is 2. The molecule has 1 aromatic carbocycles. The van der Waals surface area contributed by atoms with Gasteiger partial charge in [0, 0.05) is 23.8 Å². The Morgan fingerprint density at radius 3 is 2.62 bits per heavy atom. The fraction of sp³-hybridized carbons (Fsp3) is 0.476. The lowest BCUT2D eigenvalue weighted by Crippen LogP contribution is -2.50. The van der Waals surface area contributed by atoms with E-state index >= 15 is 0 Å². The van der Waals surface area contributed by atoms with Gasteiger partial charge in [-0.05, 0) is 55.9 Å². The molecular weight excluding hydrogens is 326 g/mol. The first-order valence-corrected chi connectivity index (χ1v) is 9.66. The van der Waals surface area contributed by atoms with Gasteiger partial charge in [-0.15, -0.1) is 0 Å². The molecule has 3 atom stereocenters. The maximum atomic E-state index is 12.5. The van der Waals surface area contributed by atoms with Gasteiger partial charge in [-0.3, -0.25) is 4.90 Å². The van der Waals surface area contributed by atoms with Gasteiger partial charge in [0.1, 0.15) is 5.76 Å². The first kappa shape index (κ1) is 17.2. The average molecular weight is 353 g/mol. The second-order valence-corrected chi connectivity index (χ2v) is 7.41. The SMILES string of the molecule is CCc1ccccc1NC(=O)NC1C[C@H]2CC[C@@H](C1)N2Cc1ccco1. The molecule has 1 aromatic heterocycles. The second kappa shape index (κ2) is 7.54. The zero-order valence-corrected chi connectivity index (χ0v) is 15.3. The Kier molecular flexibility index (Phi) is 4.98. The van der Waals surface area contributed by atoms with E-state index in [1.54, 1.807) is 6.26 Å². The number of fused-ring (bicyclic) bond motifs is 2. The molecule has 3 heterocycles. The normalized spacial score (nSPS) is 25.2. The summed E-state index contributed by atoms with van der Waals surface area (Å²) in [5.41, 5.74) is 2.07. The van der Waals surface area contributed by atoms with E-state index in [4.69, 9.17) is 4.42 Å². The Bertz CT molecular complexity index is 729. The Morgan fingerprint density at radius 2 is 1.92 bits per heavy atom. The molecule has 1 unspecified atom stereocenters. The molecular formula is C21H27N3O2. The predicted octanol–water partition coefficient (Wildman–Crippen LogP) is 4.16. The van der Waals surface area contributed by atoms with E-state index in [-0.39, 0.29) is 12.1 Å². The number of aryl methyl sites for hydroxylation is 1. The molecule has 0 saturated carbocycles. The van der Waals surface area contributed by atoms with E-state index in [1.807, 2.05) is 30.3 Å². The number of furan rings is 1. The number of anilines is 1. The van der Waals surface area contributed by atoms with Crippen LogP contribution in [0.4, 0.5) is 10.5 Å². The molecule has 5 heteroatoms. The Morgan fingerprint density at radius 1 is 1.15 bits per heavy atom. The van der Waals surface area contributed by atoms with Crippen LogP contribution >= 0.6 is 0 Å². The maximum Gasteiger partial charge on any atom is 0.319 e. The van der Waals surface area contributed by atoms with E-state index in [0.717, 1.165) is 42.8 Å². The first-order chi connectivity index (χ1) is 12.7. The van der Waals surface area contributed by atoms with E-state index in [1.165, 1.54) is 12.8 Å². The van der Waals surface area contributed by atoms with Crippen LogP contribution in [0.1, 0.15) is 43.9 Å². The summed E-state index contributed by atoms with van der Waals surface area (Å²) in [5, 5.41) is 6.23. The molecule has 0 aliphatic carbocycles. The molecule has 138 valence electrons. The summed E-state index contributed by atoms with van der Waals surface area (Å²) in [6.07, 6.45) is 7.10. The quantitative estimate of drug-likeness (QED) is 0.849. The van der Waals surface area contributed by atoms with Gasteiger partial charge in [0.15, 0.2) is 0 Å². The van der Waals surface area contributed by atoms with Crippen LogP contribution in [0, 0.1) is 0 Å². The van der Waals surface area contributed by atoms with Gasteiger partial charge in [0.25, 0.3) is 0 Å². The Hall–Kier alpha value is -2.27. The number of hydrogen-bond donors (Lipinski definition) is 2. The van der Waals surface area contributed by atoms with E-state index in [2.05, 4.69) is 28.5 Å². The molecule has 5 nitrogen and oxygen atoms in total. The highest BCUT2D eigenvalue weighted by Crippen LogP contribution is 2.36. The van der Waals surface area contributed by atoms with E-state index < -0.39 is 0 Å². The molecule has 26 heavy (non-hydrogen) atoms. The topological polar surface area (TPSA) is 57.5 Å². The standard InChI is InChI=1S/C21H27N3O2/c1-2-15-6-3-4-8-20(15)23-21(25)22-16-12-17-9-10-18(13-16)24(17)14-19-7-5-11-26-19/h3-8,11,16-18H,2,9-10,12-14H2,1H3,(H2,22,23,25)/t16?,17-,18+. The Balaban J connectivity index is 1.33. The molecule has 2 fully saturated rings. The van der Waals surface area contributed by atoms with Crippen molar-refractivity contribution < 1.29 is 9.21 Å². The predicted molar refractivity (Wildman–Crippen MR) is 102 cm³/mol. The minimum absolute atomic E-state index is 0.0882. The lowest BCUT2D eigenvalue weighted by Gasteiger charge is -2.38. The molecule has 2 saturated heterocycles. The fourth-order valence-corrected chi connectivity index (χ4v) is 4.53. The number of benzene rings is 1. The van der Waals surface area contributed by atoms with Crippen LogP contribution in [-0.2, 0) is 13.0 Å². The van der Waals surface area contributed by atoms with Crippen molar-refractivity contribution in [3.63, 3.8) is 0 Å². The third kappa shape index (κ3) is 3.63. The van der Waals surface area contributed by atoms with Crippen molar-refractivity contribution in [2.24, 2.45) is 0 Å². The number of nitrogens with zero attached hydrogens (tertiary/aromatic N) is 1. The number of hydrogen-bond acceptors (Lipinski definition) is 3. The number of rotatable bonds is 5. The minimum Gasteiger partial charge on any atom is -0.468 e. The first-order valence-electron chi connectivity index (χ1n) is 9.66. The largest absolute Gasteiger partial charge is 0.468 e. The van der Waals surface area contributed by atoms with Crippen molar-refractivity contribution in [2.45, 2.75) is 63.7 Å². The zero-order chi connectivity index (χ0) is 17.9. The van der Waals surface area contributed by atoms with Gasteiger partial charge in [0.05, 0.1) is 12.8 Å². The van der Waals surface area contributed by atoms with Crippen LogP contribution in [0.5, 0.6) is 0 Å². The highest BCUT2D eigenvalue weighted by molar-refractivity contribution is 5.90. The smallest absolute Gasteiger partial charge is 0.319 e. The summed E-state index contributed by atoms with van der Waals surface area (Å²) in [4.78, 5) is 15.0. The van der Waals surface area contributed by atoms with Crippen LogP contribution in [0.25, 0.3) is 0 Å². The van der Waals surface area contributed by atoms with Gasteiger partial charge < -0.3 is 15.1 Å². The monoisotopic (exact) mass is 353 g/mol. The van der Waals surface area contributed by atoms with Gasteiger partial charge in [-0.2, -0.15) is 0 Å². The van der Waals surface area contributed by atoms with E-state index in [0.29, 0.717) is 12.1 Å². The Labute approximate surface area is 154 Å². The van der Waals surface area contributed by atoms with Crippen molar-refractivity contribution in [1.82, 2.24) is 10.2 Å². The van der Waals surface area contributed by atoms with E-state index in [9.17, 15) is 4.79 Å².